The van der Waals surface area contributed by atoms with Gasteiger partial charge in [-0.15, -0.1) is 0 Å². The van der Waals surface area contributed by atoms with Gasteiger partial charge in [0.15, 0.2) is 0 Å². The van der Waals surface area contributed by atoms with Crippen molar-refractivity contribution < 1.29 is 4.74 Å². The van der Waals surface area contributed by atoms with Crippen LogP contribution < -0.4 is 30.9 Å². The minimum Gasteiger partial charge on any atom is -0.458 e. The van der Waals surface area contributed by atoms with Crippen LogP contribution >= 0.6 is 0 Å². The van der Waals surface area contributed by atoms with Gasteiger partial charge in [-0.25, -0.2) is 0 Å². The molecule has 0 saturated heterocycles. The predicted molar refractivity (Wildman–Crippen MR) is 249 cm³/mol. The summed E-state index contributed by atoms with van der Waals surface area (Å²) in [5.41, 5.74) is 17.3. The van der Waals surface area contributed by atoms with Crippen LogP contribution in [0.3, 0.4) is 0 Å². The summed E-state index contributed by atoms with van der Waals surface area (Å²) in [5, 5.41) is 4.91. The van der Waals surface area contributed by atoms with Gasteiger partial charge in [0.25, 0.3) is 6.71 Å². The van der Waals surface area contributed by atoms with Gasteiger partial charge in [-0.05, 0) is 95.3 Å². The van der Waals surface area contributed by atoms with Gasteiger partial charge in [0.05, 0.1) is 44.8 Å². The molecule has 3 aliphatic heterocycles. The molecule has 0 atom stereocenters. The average Bonchev–Trinajstić information content (AvgIpc) is 3.83. The van der Waals surface area contributed by atoms with E-state index in [-0.39, 0.29) is 6.71 Å². The van der Waals surface area contributed by atoms with E-state index in [4.69, 9.17) is 4.74 Å². The predicted octanol–water partition coefficient (Wildman–Crippen LogP) is 12.1. The van der Waals surface area contributed by atoms with Crippen LogP contribution in [0.5, 0.6) is 11.5 Å². The Morgan fingerprint density at radius 1 is 0.317 bits per heavy atom. The number of ether oxygens (including phenoxy) is 1. The maximum Gasteiger partial charge on any atom is 0.262 e. The van der Waals surface area contributed by atoms with E-state index in [9.17, 15) is 0 Å². The highest BCUT2D eigenvalue weighted by molar-refractivity contribution is 7.02. The molecule has 0 unspecified atom stereocenters. The lowest BCUT2D eigenvalue weighted by atomic mass is 9.32. The van der Waals surface area contributed by atoms with Crippen LogP contribution in [0.15, 0.2) is 200 Å². The minimum atomic E-state index is -0.110. The fourth-order valence-corrected chi connectivity index (χ4v) is 10.8. The number of hydrogen-bond donors (Lipinski definition) is 0. The number of aromatic nitrogens is 2. The second-order valence-corrected chi connectivity index (χ2v) is 16.0. The highest BCUT2D eigenvalue weighted by Crippen LogP contribution is 2.53. The molecule has 0 N–H and O–H groups in total. The van der Waals surface area contributed by atoms with E-state index < -0.39 is 0 Å². The molecule has 6 heteroatoms. The molecule has 9 aromatic carbocycles. The van der Waals surface area contributed by atoms with Gasteiger partial charge in [0.1, 0.15) is 11.5 Å². The first kappa shape index (κ1) is 32.1. The molecule has 0 spiro atoms. The largest absolute Gasteiger partial charge is 0.458 e. The van der Waals surface area contributed by atoms with E-state index in [0.717, 1.165) is 57.0 Å². The molecule has 14 rings (SSSR count). The summed E-state index contributed by atoms with van der Waals surface area (Å²) in [6, 6.07) is 72.9. The highest BCUT2D eigenvalue weighted by atomic mass is 16.5. The Morgan fingerprint density at radius 3 is 1.08 bits per heavy atom. The molecule has 0 amide bonds. The first-order valence-electron chi connectivity index (χ1n) is 20.7. The summed E-state index contributed by atoms with van der Waals surface area (Å²) in [6.07, 6.45) is 0. The van der Waals surface area contributed by atoms with Crippen molar-refractivity contribution in [3.63, 3.8) is 0 Å². The Hall–Kier alpha value is -7.96. The second kappa shape index (κ2) is 11.8. The van der Waals surface area contributed by atoms with E-state index in [1.807, 2.05) is 0 Å². The van der Waals surface area contributed by atoms with Crippen molar-refractivity contribution in [2.45, 2.75) is 0 Å². The SMILES string of the molecule is c1ccc(N2c3cccc4c3B3c5c(cccc5N(c5ccccc5)c5c(-n6c7ccccc7c7ccccc76)cc(-n6c7ccccc7c7ccccc76)c2c53)O4)cc1. The summed E-state index contributed by atoms with van der Waals surface area (Å²) in [5.74, 6) is 1.79. The lowest BCUT2D eigenvalue weighted by molar-refractivity contribution is 0.487. The number of nitrogens with zero attached hydrogens (tertiary/aromatic N) is 4. The Labute approximate surface area is 346 Å². The molecular formula is C54H33BN4O. The Kier molecular flexibility index (Phi) is 6.31. The monoisotopic (exact) mass is 764 g/mol. The van der Waals surface area contributed by atoms with Crippen molar-refractivity contribution in [2.24, 2.45) is 0 Å². The van der Waals surface area contributed by atoms with E-state index in [1.165, 1.54) is 60.0 Å². The molecule has 5 heterocycles. The van der Waals surface area contributed by atoms with Gasteiger partial charge in [0.2, 0.25) is 0 Å². The molecule has 0 bridgehead atoms. The Morgan fingerprint density at radius 2 is 0.683 bits per heavy atom. The van der Waals surface area contributed by atoms with Crippen molar-refractivity contribution in [3.05, 3.63) is 200 Å². The third-order valence-electron chi connectivity index (χ3n) is 13.0. The van der Waals surface area contributed by atoms with E-state index >= 15 is 0 Å². The fraction of sp³-hybridized carbons (Fsp3) is 0. The van der Waals surface area contributed by atoms with E-state index in [0.29, 0.717) is 0 Å². The first-order chi connectivity index (χ1) is 29.8. The standard InChI is InChI=1S/C54H33BN4O/c1-3-17-34(18-4-1)56-44-29-15-31-48-50(44)55-51-45(30-16-32-49(51)60-48)57(35-19-5-2-6-20-35)54-47(59-42-27-13-9-23-38(42)39-24-10-14-28-43(39)59)33-46(53(56)52(54)55)58-40-25-11-7-21-36(40)37-22-8-12-26-41(37)58/h1-33H. The Balaban J connectivity index is 1.27. The molecular weight excluding hydrogens is 731 g/mol. The molecule has 11 aromatic rings. The molecule has 0 radical (unpaired) electrons. The van der Waals surface area contributed by atoms with Crippen molar-refractivity contribution in [2.75, 3.05) is 9.80 Å². The fourth-order valence-electron chi connectivity index (χ4n) is 10.8. The first-order valence-corrected chi connectivity index (χ1v) is 20.7. The van der Waals surface area contributed by atoms with Crippen LogP contribution in [0, 0.1) is 0 Å². The van der Waals surface area contributed by atoms with Crippen LogP contribution in [-0.2, 0) is 0 Å². The number of hydrogen-bond acceptors (Lipinski definition) is 3. The number of para-hydroxylation sites is 6. The second-order valence-electron chi connectivity index (χ2n) is 16.0. The summed E-state index contributed by atoms with van der Waals surface area (Å²) in [4.78, 5) is 5.02. The number of anilines is 6. The lowest BCUT2D eigenvalue weighted by Gasteiger charge is -2.47. The van der Waals surface area contributed by atoms with Crippen molar-refractivity contribution in [1.82, 2.24) is 9.13 Å². The maximum atomic E-state index is 6.99. The van der Waals surface area contributed by atoms with Crippen molar-refractivity contribution in [3.8, 4) is 22.9 Å². The molecule has 0 saturated carbocycles. The van der Waals surface area contributed by atoms with Crippen LogP contribution in [0.1, 0.15) is 0 Å². The van der Waals surface area contributed by atoms with E-state index in [1.54, 1.807) is 0 Å². The van der Waals surface area contributed by atoms with Crippen LogP contribution in [0.2, 0.25) is 0 Å². The summed E-state index contributed by atoms with van der Waals surface area (Å²) < 4.78 is 12.0. The summed E-state index contributed by atoms with van der Waals surface area (Å²) in [6.45, 7) is -0.110. The third-order valence-corrected chi connectivity index (χ3v) is 13.0. The molecule has 0 fully saturated rings. The normalized spacial score (nSPS) is 13.4. The van der Waals surface area contributed by atoms with Gasteiger partial charge in [-0.1, -0.05) is 121 Å². The van der Waals surface area contributed by atoms with Crippen molar-refractivity contribution >= 4 is 101 Å². The molecule has 2 aromatic heterocycles. The third kappa shape index (κ3) is 4.07. The zero-order valence-corrected chi connectivity index (χ0v) is 32.3. The quantitative estimate of drug-likeness (QED) is 0.167. The van der Waals surface area contributed by atoms with Crippen LogP contribution in [0.25, 0.3) is 55.0 Å². The molecule has 5 nitrogen and oxygen atoms in total. The van der Waals surface area contributed by atoms with Gasteiger partial charge in [-0.3, -0.25) is 0 Å². The van der Waals surface area contributed by atoms with E-state index in [2.05, 4.69) is 219 Å². The lowest BCUT2D eigenvalue weighted by Crippen LogP contribution is -2.63. The maximum absolute atomic E-state index is 6.99. The molecule has 278 valence electrons. The number of rotatable bonds is 4. The van der Waals surface area contributed by atoms with Crippen LogP contribution in [0.4, 0.5) is 34.1 Å². The highest BCUT2D eigenvalue weighted by Gasteiger charge is 2.50. The number of fused-ring (bicyclic) bond motifs is 6. The van der Waals surface area contributed by atoms with Gasteiger partial charge < -0.3 is 23.7 Å². The molecule has 60 heavy (non-hydrogen) atoms. The average molecular weight is 765 g/mol. The minimum absolute atomic E-state index is 0.110. The van der Waals surface area contributed by atoms with Gasteiger partial charge in [-0.2, -0.15) is 0 Å². The number of benzene rings is 9. The van der Waals surface area contributed by atoms with Gasteiger partial charge >= 0.3 is 0 Å². The Bertz CT molecular complexity index is 3270. The zero-order chi connectivity index (χ0) is 39.1. The molecule has 3 aliphatic rings. The summed E-state index contributed by atoms with van der Waals surface area (Å²) >= 11 is 0. The van der Waals surface area contributed by atoms with Crippen LogP contribution in [-0.4, -0.2) is 15.8 Å². The zero-order valence-electron chi connectivity index (χ0n) is 32.3. The molecule has 0 aliphatic carbocycles. The summed E-state index contributed by atoms with van der Waals surface area (Å²) in [7, 11) is 0. The topological polar surface area (TPSA) is 25.6 Å². The smallest absolute Gasteiger partial charge is 0.262 e. The van der Waals surface area contributed by atoms with Crippen molar-refractivity contribution in [1.29, 1.82) is 0 Å². The van der Waals surface area contributed by atoms with Gasteiger partial charge in [0, 0.05) is 44.3 Å².